The molecule has 2 atom stereocenters. The minimum absolute atomic E-state index is 0.130. The van der Waals surface area contributed by atoms with E-state index >= 15 is 0 Å². The first-order chi connectivity index (χ1) is 32.6. The third-order valence-electron chi connectivity index (χ3n) is 10.5. The molecule has 0 N–H and O–H groups in total. The van der Waals surface area contributed by atoms with Gasteiger partial charge in [0.1, 0.15) is 13.2 Å². The molecule has 9 heteroatoms. The lowest BCUT2D eigenvalue weighted by atomic mass is 10.1. The van der Waals surface area contributed by atoms with E-state index in [1.807, 2.05) is 21.1 Å². The van der Waals surface area contributed by atoms with Crippen molar-refractivity contribution < 1.29 is 42.9 Å². The first-order valence-corrected chi connectivity index (χ1v) is 26.0. The van der Waals surface area contributed by atoms with Crippen molar-refractivity contribution in [3.05, 3.63) is 109 Å². The molecule has 0 aromatic heterocycles. The van der Waals surface area contributed by atoms with Gasteiger partial charge in [0.2, 0.25) is 0 Å². The standard InChI is InChI=1S/C58H95NO8/c1-6-8-10-12-14-16-18-20-22-24-26-28-30-32-34-36-38-40-42-44-46-48-55(60)65-52-54(53-66-58(57(62)63)64-51-50-59(3,4)5)67-56(61)49-47-45-43-41-39-37-35-33-31-29-27-25-23-21-19-17-15-13-11-9-7-2/h9,11,15,17-18,20-21,23-24,26-27,29-30,32-33,35,39,41,54,58H,6-8,10,12-14,16,19,22,25,28,31,34,36-38,40,42-53H2,1-5H3/b11-9-,17-15-,20-18-,23-21-,26-24-,29-27-,32-30-,35-33-,41-39-. The van der Waals surface area contributed by atoms with Crippen LogP contribution in [-0.2, 0) is 33.3 Å². The van der Waals surface area contributed by atoms with Crippen LogP contribution in [0.25, 0.3) is 0 Å². The van der Waals surface area contributed by atoms with E-state index in [-0.39, 0.29) is 38.6 Å². The largest absolute Gasteiger partial charge is 0.545 e. The smallest absolute Gasteiger partial charge is 0.306 e. The zero-order valence-corrected chi connectivity index (χ0v) is 43.0. The Labute approximate surface area is 409 Å². The molecule has 0 aromatic rings. The van der Waals surface area contributed by atoms with Crippen molar-refractivity contribution in [2.24, 2.45) is 0 Å². The number of aliphatic carboxylic acids is 1. The van der Waals surface area contributed by atoms with Crippen LogP contribution in [0.2, 0.25) is 0 Å². The number of carboxylic acid groups (broad SMARTS) is 1. The van der Waals surface area contributed by atoms with Gasteiger partial charge < -0.3 is 33.3 Å². The van der Waals surface area contributed by atoms with Crippen molar-refractivity contribution >= 4 is 17.9 Å². The Morgan fingerprint density at radius 2 is 0.851 bits per heavy atom. The highest BCUT2D eigenvalue weighted by Crippen LogP contribution is 2.12. The van der Waals surface area contributed by atoms with Crippen LogP contribution < -0.4 is 5.11 Å². The van der Waals surface area contributed by atoms with Crippen molar-refractivity contribution in [2.45, 2.75) is 193 Å². The van der Waals surface area contributed by atoms with E-state index in [1.165, 1.54) is 38.5 Å². The SMILES string of the molecule is CC/C=C\C/C=C\C/C=C\C/C=C\C/C=C\C/C=C\CCCCC(=O)OC(COC(=O)CCCCCCCC/C=C\C/C=C\C/C=C\CCCCCCC)COC(OCC[N+](C)(C)C)C(=O)[O-]. The Balaban J connectivity index is 4.48. The Morgan fingerprint density at radius 1 is 0.463 bits per heavy atom. The van der Waals surface area contributed by atoms with Crippen molar-refractivity contribution in [3.63, 3.8) is 0 Å². The van der Waals surface area contributed by atoms with Gasteiger partial charge >= 0.3 is 11.9 Å². The molecule has 0 saturated heterocycles. The van der Waals surface area contributed by atoms with E-state index in [0.29, 0.717) is 23.9 Å². The molecule has 0 saturated carbocycles. The fourth-order valence-corrected chi connectivity index (χ4v) is 6.48. The van der Waals surface area contributed by atoms with Crippen molar-refractivity contribution in [3.8, 4) is 0 Å². The number of allylic oxidation sites excluding steroid dienone is 18. The molecule has 0 aliphatic rings. The zero-order chi connectivity index (χ0) is 49.2. The van der Waals surface area contributed by atoms with Crippen molar-refractivity contribution in [2.75, 3.05) is 47.5 Å². The quantitative estimate of drug-likeness (QED) is 0.0195. The summed E-state index contributed by atoms with van der Waals surface area (Å²) in [6, 6.07) is 0. The summed E-state index contributed by atoms with van der Waals surface area (Å²) < 4.78 is 22.6. The molecule has 0 rings (SSSR count). The van der Waals surface area contributed by atoms with E-state index in [4.69, 9.17) is 18.9 Å². The topological polar surface area (TPSA) is 111 Å². The lowest BCUT2D eigenvalue weighted by molar-refractivity contribution is -0.870. The molecule has 9 nitrogen and oxygen atoms in total. The number of likely N-dealkylation sites (N-methyl/N-ethyl adjacent to an activating group) is 1. The summed E-state index contributed by atoms with van der Waals surface area (Å²) in [5.74, 6) is -2.38. The van der Waals surface area contributed by atoms with Crippen LogP contribution in [0, 0.1) is 0 Å². The second-order valence-corrected chi connectivity index (χ2v) is 18.1. The molecular weight excluding hydrogens is 839 g/mol. The van der Waals surface area contributed by atoms with E-state index in [9.17, 15) is 19.5 Å². The maximum atomic E-state index is 12.8. The molecule has 0 bridgehead atoms. The Kier molecular flexibility index (Phi) is 45.5. The van der Waals surface area contributed by atoms with Gasteiger partial charge in [-0.25, -0.2) is 0 Å². The van der Waals surface area contributed by atoms with Gasteiger partial charge in [0, 0.05) is 12.8 Å². The minimum atomic E-state index is -1.64. The Morgan fingerprint density at radius 3 is 1.30 bits per heavy atom. The lowest BCUT2D eigenvalue weighted by Crippen LogP contribution is -2.44. The Hall–Kier alpha value is -4.05. The Bertz CT molecular complexity index is 1460. The molecule has 2 unspecified atom stereocenters. The van der Waals surface area contributed by atoms with Crippen LogP contribution in [0.1, 0.15) is 181 Å². The van der Waals surface area contributed by atoms with E-state index in [1.54, 1.807) is 0 Å². The predicted molar refractivity (Wildman–Crippen MR) is 278 cm³/mol. The number of quaternary nitrogens is 1. The van der Waals surface area contributed by atoms with E-state index < -0.39 is 24.3 Å². The molecule has 0 aromatic carbocycles. The number of ether oxygens (including phenoxy) is 4. The highest BCUT2D eigenvalue weighted by molar-refractivity contribution is 5.70. The molecule has 67 heavy (non-hydrogen) atoms. The fourth-order valence-electron chi connectivity index (χ4n) is 6.48. The summed E-state index contributed by atoms with van der Waals surface area (Å²) >= 11 is 0. The van der Waals surface area contributed by atoms with Crippen LogP contribution in [0.15, 0.2) is 109 Å². The van der Waals surface area contributed by atoms with Crippen molar-refractivity contribution in [1.29, 1.82) is 0 Å². The number of esters is 2. The summed E-state index contributed by atoms with van der Waals surface area (Å²) in [6.07, 6.45) is 62.7. The van der Waals surface area contributed by atoms with Gasteiger partial charge in [-0.2, -0.15) is 0 Å². The number of carbonyl (C=O) groups is 3. The van der Waals surface area contributed by atoms with Gasteiger partial charge in [-0.05, 0) is 103 Å². The number of hydrogen-bond acceptors (Lipinski definition) is 8. The number of hydrogen-bond donors (Lipinski definition) is 0. The monoisotopic (exact) mass is 934 g/mol. The second-order valence-electron chi connectivity index (χ2n) is 18.1. The van der Waals surface area contributed by atoms with Crippen LogP contribution in [0.5, 0.6) is 0 Å². The molecule has 0 radical (unpaired) electrons. The zero-order valence-electron chi connectivity index (χ0n) is 43.0. The molecule has 0 aliphatic heterocycles. The third-order valence-corrected chi connectivity index (χ3v) is 10.5. The first kappa shape index (κ1) is 63.0. The predicted octanol–water partition coefficient (Wildman–Crippen LogP) is 13.4. The number of carboxylic acids is 1. The number of rotatable bonds is 46. The first-order valence-electron chi connectivity index (χ1n) is 26.0. The maximum absolute atomic E-state index is 12.8. The summed E-state index contributed by atoms with van der Waals surface area (Å²) in [7, 11) is 5.88. The van der Waals surface area contributed by atoms with Crippen LogP contribution >= 0.6 is 0 Å². The van der Waals surface area contributed by atoms with Crippen LogP contribution in [0.3, 0.4) is 0 Å². The normalized spacial score (nSPS) is 13.7. The van der Waals surface area contributed by atoms with Crippen LogP contribution in [-0.4, -0.2) is 82.3 Å². The molecule has 380 valence electrons. The van der Waals surface area contributed by atoms with E-state index in [0.717, 1.165) is 103 Å². The van der Waals surface area contributed by atoms with Crippen molar-refractivity contribution in [1.82, 2.24) is 0 Å². The highest BCUT2D eigenvalue weighted by Gasteiger charge is 2.21. The average molecular weight is 934 g/mol. The molecule has 0 aliphatic carbocycles. The molecule has 0 amide bonds. The lowest BCUT2D eigenvalue weighted by Gasteiger charge is -2.26. The second kappa shape index (κ2) is 48.4. The highest BCUT2D eigenvalue weighted by atomic mass is 16.7. The summed E-state index contributed by atoms with van der Waals surface area (Å²) in [5, 5.41) is 11.7. The average Bonchev–Trinajstić information content (AvgIpc) is 3.29. The van der Waals surface area contributed by atoms with Gasteiger partial charge in [-0.15, -0.1) is 0 Å². The summed E-state index contributed by atoms with van der Waals surface area (Å²) in [4.78, 5) is 37.2. The number of carbonyl (C=O) groups excluding carboxylic acids is 3. The van der Waals surface area contributed by atoms with Gasteiger partial charge in [0.15, 0.2) is 12.4 Å². The fraction of sp³-hybridized carbons (Fsp3) is 0.638. The molecule has 0 fully saturated rings. The molecular formula is C58H95NO8. The van der Waals surface area contributed by atoms with Gasteiger partial charge in [0.25, 0.3) is 0 Å². The number of unbranched alkanes of at least 4 members (excludes halogenated alkanes) is 13. The van der Waals surface area contributed by atoms with Gasteiger partial charge in [-0.1, -0.05) is 175 Å². The minimum Gasteiger partial charge on any atom is -0.545 e. The summed E-state index contributed by atoms with van der Waals surface area (Å²) in [6.45, 7) is 4.53. The molecule has 0 heterocycles. The van der Waals surface area contributed by atoms with Gasteiger partial charge in [-0.3, -0.25) is 9.59 Å². The van der Waals surface area contributed by atoms with E-state index in [2.05, 4.69) is 123 Å². The maximum Gasteiger partial charge on any atom is 0.306 e. The van der Waals surface area contributed by atoms with Gasteiger partial charge in [0.05, 0.1) is 40.3 Å². The van der Waals surface area contributed by atoms with Crippen LogP contribution in [0.4, 0.5) is 0 Å². The number of nitrogens with zero attached hydrogens (tertiary/aromatic N) is 1. The third kappa shape index (κ3) is 49.7. The summed E-state index contributed by atoms with van der Waals surface area (Å²) in [5.41, 5.74) is 0. The molecule has 0 spiro atoms.